The van der Waals surface area contributed by atoms with Crippen LogP contribution in [0.2, 0.25) is 0 Å². The van der Waals surface area contributed by atoms with Crippen LogP contribution in [0.25, 0.3) is 0 Å². The zero-order chi connectivity index (χ0) is 18.1. The Bertz CT molecular complexity index is 538. The molecular formula is C17H29N5O3. The second-order valence-corrected chi connectivity index (χ2v) is 6.38. The molecule has 2 rings (SSSR count). The first-order chi connectivity index (χ1) is 12.1. The van der Waals surface area contributed by atoms with Gasteiger partial charge in [0.05, 0.1) is 6.61 Å². The Morgan fingerprint density at radius 2 is 2.08 bits per heavy atom. The predicted molar refractivity (Wildman–Crippen MR) is 97.3 cm³/mol. The highest BCUT2D eigenvalue weighted by Crippen LogP contribution is 2.26. The van der Waals surface area contributed by atoms with Crippen LogP contribution in [0.4, 0.5) is 17.3 Å². The summed E-state index contributed by atoms with van der Waals surface area (Å²) < 4.78 is 10.8. The number of anilines is 3. The topological polar surface area (TPSA) is 125 Å². The summed E-state index contributed by atoms with van der Waals surface area (Å²) in [6.45, 7) is 4.22. The minimum absolute atomic E-state index is 0.119. The van der Waals surface area contributed by atoms with E-state index < -0.39 is 0 Å². The Hall–Kier alpha value is -2.09. The molecule has 1 saturated heterocycles. The predicted octanol–water partition coefficient (Wildman–Crippen LogP) is 2.36. The fourth-order valence-corrected chi connectivity index (χ4v) is 2.76. The van der Waals surface area contributed by atoms with Gasteiger partial charge in [-0.05, 0) is 38.0 Å². The van der Waals surface area contributed by atoms with Gasteiger partial charge in [0.1, 0.15) is 5.69 Å². The summed E-state index contributed by atoms with van der Waals surface area (Å²) in [5.41, 5.74) is 12.0. The Labute approximate surface area is 148 Å². The first-order valence-corrected chi connectivity index (χ1v) is 9.03. The number of amides is 1. The van der Waals surface area contributed by atoms with Gasteiger partial charge >= 0.3 is 6.01 Å². The molecule has 1 fully saturated rings. The van der Waals surface area contributed by atoms with E-state index in [0.717, 1.165) is 45.3 Å². The molecule has 25 heavy (non-hydrogen) atoms. The van der Waals surface area contributed by atoms with Crippen molar-refractivity contribution in [2.45, 2.75) is 51.9 Å². The molecule has 1 amide bonds. The Morgan fingerprint density at radius 1 is 1.32 bits per heavy atom. The van der Waals surface area contributed by atoms with Gasteiger partial charge in [0.2, 0.25) is 5.91 Å². The van der Waals surface area contributed by atoms with Crippen molar-refractivity contribution in [2.75, 3.05) is 36.6 Å². The van der Waals surface area contributed by atoms with E-state index >= 15 is 0 Å². The first kappa shape index (κ1) is 19.2. The highest BCUT2D eigenvalue weighted by Gasteiger charge is 2.16. The lowest BCUT2D eigenvalue weighted by Gasteiger charge is -2.21. The van der Waals surface area contributed by atoms with Crippen molar-refractivity contribution >= 4 is 23.2 Å². The minimum Gasteiger partial charge on any atom is -0.463 e. The highest BCUT2D eigenvalue weighted by molar-refractivity contribution is 5.96. The second-order valence-electron chi connectivity index (χ2n) is 6.38. The number of rotatable bonds is 9. The molecule has 1 aromatic heterocycles. The molecule has 1 aromatic rings. The number of hydrogen-bond donors (Lipinski definition) is 3. The van der Waals surface area contributed by atoms with Crippen molar-refractivity contribution in [1.82, 2.24) is 9.97 Å². The highest BCUT2D eigenvalue weighted by atomic mass is 16.5. The van der Waals surface area contributed by atoms with Crippen molar-refractivity contribution in [1.29, 1.82) is 0 Å². The number of carbonyl (C=O) groups is 1. The third kappa shape index (κ3) is 6.38. The Balaban J connectivity index is 1.80. The van der Waals surface area contributed by atoms with Gasteiger partial charge in [-0.3, -0.25) is 4.79 Å². The first-order valence-electron chi connectivity index (χ1n) is 9.03. The third-order valence-electron chi connectivity index (χ3n) is 4.21. The molecule has 140 valence electrons. The van der Waals surface area contributed by atoms with Crippen molar-refractivity contribution in [3.05, 3.63) is 0 Å². The summed E-state index contributed by atoms with van der Waals surface area (Å²) >= 11 is 0. The number of nitrogens with two attached hydrogens (primary N) is 2. The van der Waals surface area contributed by atoms with Gasteiger partial charge in [0, 0.05) is 19.6 Å². The van der Waals surface area contributed by atoms with E-state index in [4.69, 9.17) is 20.9 Å². The molecule has 0 aromatic carbocycles. The SMILES string of the molecule is CCCCOc1nc(N)c(NC(=O)CCCC2CCCOC2)c(N)n1. The van der Waals surface area contributed by atoms with Crippen LogP contribution < -0.4 is 21.5 Å². The molecule has 1 atom stereocenters. The summed E-state index contributed by atoms with van der Waals surface area (Å²) in [7, 11) is 0. The summed E-state index contributed by atoms with van der Waals surface area (Å²) in [6.07, 6.45) is 6.38. The smallest absolute Gasteiger partial charge is 0.320 e. The van der Waals surface area contributed by atoms with Gasteiger partial charge in [0.15, 0.2) is 11.6 Å². The number of hydrogen-bond acceptors (Lipinski definition) is 7. The van der Waals surface area contributed by atoms with Crippen LogP contribution in [0.5, 0.6) is 6.01 Å². The minimum atomic E-state index is -0.140. The zero-order valence-corrected chi connectivity index (χ0v) is 14.9. The van der Waals surface area contributed by atoms with Crippen LogP contribution in [0.1, 0.15) is 51.9 Å². The van der Waals surface area contributed by atoms with Gasteiger partial charge < -0.3 is 26.3 Å². The lowest BCUT2D eigenvalue weighted by Crippen LogP contribution is -2.19. The van der Waals surface area contributed by atoms with Gasteiger partial charge in [-0.1, -0.05) is 13.3 Å². The normalized spacial score (nSPS) is 17.2. The lowest BCUT2D eigenvalue weighted by atomic mass is 9.96. The standard InChI is InChI=1S/C17H29N5O3/c1-2-3-10-25-17-21-15(18)14(16(19)22-17)20-13(23)8-4-6-12-7-5-9-24-11-12/h12H,2-11H2,1H3,(H,20,23)(H4,18,19,21,22). The van der Waals surface area contributed by atoms with E-state index in [0.29, 0.717) is 18.9 Å². The van der Waals surface area contributed by atoms with Gasteiger partial charge in [0.25, 0.3) is 0 Å². The molecule has 0 radical (unpaired) electrons. The summed E-state index contributed by atoms with van der Waals surface area (Å²) in [5.74, 6) is 0.652. The molecule has 1 aliphatic heterocycles. The molecule has 8 nitrogen and oxygen atoms in total. The monoisotopic (exact) mass is 351 g/mol. The van der Waals surface area contributed by atoms with Crippen molar-refractivity contribution in [3.63, 3.8) is 0 Å². The van der Waals surface area contributed by atoms with E-state index in [1.54, 1.807) is 0 Å². The summed E-state index contributed by atoms with van der Waals surface area (Å²) in [6, 6.07) is 0.138. The summed E-state index contributed by atoms with van der Waals surface area (Å²) in [5, 5.41) is 2.71. The van der Waals surface area contributed by atoms with Crippen LogP contribution in [-0.2, 0) is 9.53 Å². The molecule has 0 bridgehead atoms. The van der Waals surface area contributed by atoms with E-state index in [9.17, 15) is 4.79 Å². The number of nitrogens with zero attached hydrogens (tertiary/aromatic N) is 2. The largest absolute Gasteiger partial charge is 0.463 e. The van der Waals surface area contributed by atoms with Gasteiger partial charge in [-0.2, -0.15) is 9.97 Å². The number of unbranched alkanes of at least 4 members (excludes halogenated alkanes) is 1. The number of nitrogens with one attached hydrogen (secondary N) is 1. The fourth-order valence-electron chi connectivity index (χ4n) is 2.76. The molecule has 5 N–H and O–H groups in total. The molecule has 2 heterocycles. The van der Waals surface area contributed by atoms with Crippen LogP contribution in [0.3, 0.4) is 0 Å². The molecular weight excluding hydrogens is 322 g/mol. The van der Waals surface area contributed by atoms with Gasteiger partial charge in [-0.15, -0.1) is 0 Å². The number of carbonyl (C=O) groups excluding carboxylic acids is 1. The average Bonchev–Trinajstić information content (AvgIpc) is 2.59. The molecule has 0 aliphatic carbocycles. The van der Waals surface area contributed by atoms with Crippen molar-refractivity contribution in [2.24, 2.45) is 5.92 Å². The maximum Gasteiger partial charge on any atom is 0.320 e. The van der Waals surface area contributed by atoms with Gasteiger partial charge in [-0.25, -0.2) is 0 Å². The molecule has 1 aliphatic rings. The number of aromatic nitrogens is 2. The van der Waals surface area contributed by atoms with Crippen LogP contribution in [0, 0.1) is 5.92 Å². The van der Waals surface area contributed by atoms with Crippen LogP contribution in [0.15, 0.2) is 0 Å². The van der Waals surface area contributed by atoms with Crippen molar-refractivity contribution in [3.8, 4) is 6.01 Å². The average molecular weight is 351 g/mol. The molecule has 1 unspecified atom stereocenters. The second kappa shape index (κ2) is 10.0. The molecule has 8 heteroatoms. The molecule has 0 spiro atoms. The fraction of sp³-hybridized carbons (Fsp3) is 0.706. The van der Waals surface area contributed by atoms with Crippen LogP contribution >= 0.6 is 0 Å². The Kier molecular flexibility index (Phi) is 7.72. The Morgan fingerprint density at radius 3 is 2.72 bits per heavy atom. The maximum absolute atomic E-state index is 12.1. The quantitative estimate of drug-likeness (QED) is 0.583. The zero-order valence-electron chi connectivity index (χ0n) is 14.9. The number of ether oxygens (including phenoxy) is 2. The third-order valence-corrected chi connectivity index (χ3v) is 4.21. The van der Waals surface area contributed by atoms with Crippen LogP contribution in [-0.4, -0.2) is 35.7 Å². The summed E-state index contributed by atoms with van der Waals surface area (Å²) in [4.78, 5) is 20.2. The van der Waals surface area contributed by atoms with E-state index in [2.05, 4.69) is 22.2 Å². The van der Waals surface area contributed by atoms with E-state index in [1.165, 1.54) is 6.42 Å². The maximum atomic E-state index is 12.1. The number of nitrogen functional groups attached to an aromatic ring is 2. The van der Waals surface area contributed by atoms with E-state index in [-0.39, 0.29) is 29.2 Å². The molecule has 0 saturated carbocycles. The lowest BCUT2D eigenvalue weighted by molar-refractivity contribution is -0.116. The van der Waals surface area contributed by atoms with E-state index in [1.807, 2.05) is 0 Å². The van der Waals surface area contributed by atoms with Crippen molar-refractivity contribution < 1.29 is 14.3 Å².